The summed E-state index contributed by atoms with van der Waals surface area (Å²) in [5, 5.41) is 16.0. The van der Waals surface area contributed by atoms with Crippen molar-refractivity contribution < 1.29 is 0 Å². The van der Waals surface area contributed by atoms with Crippen molar-refractivity contribution in [1.29, 1.82) is 0 Å². The third kappa shape index (κ3) is 1.85. The van der Waals surface area contributed by atoms with Crippen molar-refractivity contribution in [2.24, 2.45) is 0 Å². The molecular formula is C10H14N6S. The van der Waals surface area contributed by atoms with E-state index in [0.29, 0.717) is 0 Å². The second-order valence-corrected chi connectivity index (χ2v) is 4.82. The fourth-order valence-electron chi connectivity index (χ4n) is 2.04. The van der Waals surface area contributed by atoms with E-state index in [4.69, 9.17) is 0 Å². The van der Waals surface area contributed by atoms with Crippen LogP contribution in [0, 0.1) is 0 Å². The molecule has 2 aromatic heterocycles. The molecule has 3 heterocycles. The Labute approximate surface area is 103 Å². The second-order valence-electron chi connectivity index (χ2n) is 4.07. The Bertz CT molecular complexity index is 517. The first-order valence-electron chi connectivity index (χ1n) is 5.84. The van der Waals surface area contributed by atoms with Gasteiger partial charge in [0, 0.05) is 13.1 Å². The predicted molar refractivity (Wildman–Crippen MR) is 64.6 cm³/mol. The lowest BCUT2D eigenvalue weighted by atomic mass is 10.2. The summed E-state index contributed by atoms with van der Waals surface area (Å²) in [6.45, 7) is 4.82. The molecule has 1 aliphatic rings. The minimum atomic E-state index is 0.794. The minimum absolute atomic E-state index is 0.794. The van der Waals surface area contributed by atoms with Crippen LogP contribution in [0.4, 0.5) is 0 Å². The zero-order chi connectivity index (χ0) is 11.7. The molecule has 0 saturated carbocycles. The maximum Gasteiger partial charge on any atom is 0.177 e. The Morgan fingerprint density at radius 1 is 1.35 bits per heavy atom. The third-order valence-electron chi connectivity index (χ3n) is 2.87. The minimum Gasteiger partial charge on any atom is -0.308 e. The van der Waals surface area contributed by atoms with Crippen LogP contribution in [0.25, 0.3) is 10.7 Å². The van der Waals surface area contributed by atoms with Gasteiger partial charge in [0.25, 0.3) is 0 Å². The average molecular weight is 250 g/mol. The molecule has 7 heteroatoms. The lowest BCUT2D eigenvalue weighted by Crippen LogP contribution is -2.28. The van der Waals surface area contributed by atoms with Gasteiger partial charge in [-0.25, -0.2) is 0 Å². The van der Waals surface area contributed by atoms with E-state index in [1.54, 1.807) is 0 Å². The highest BCUT2D eigenvalue weighted by Gasteiger charge is 2.20. The van der Waals surface area contributed by atoms with Crippen molar-refractivity contribution in [3.05, 3.63) is 11.5 Å². The molecule has 3 rings (SSSR count). The Balaban J connectivity index is 2.03. The molecule has 0 spiro atoms. The van der Waals surface area contributed by atoms with Crippen molar-refractivity contribution in [2.45, 2.75) is 32.9 Å². The van der Waals surface area contributed by atoms with Crippen molar-refractivity contribution in [2.75, 3.05) is 6.54 Å². The van der Waals surface area contributed by atoms with Gasteiger partial charge in [0.05, 0.1) is 12.2 Å². The summed E-state index contributed by atoms with van der Waals surface area (Å²) in [7, 11) is 0. The van der Waals surface area contributed by atoms with Crippen molar-refractivity contribution in [3.8, 4) is 10.7 Å². The van der Waals surface area contributed by atoms with Crippen LogP contribution in [0.1, 0.15) is 24.9 Å². The predicted octanol–water partition coefficient (Wildman–Crippen LogP) is 0.852. The van der Waals surface area contributed by atoms with E-state index in [9.17, 15) is 0 Å². The topological polar surface area (TPSA) is 68.5 Å². The first kappa shape index (κ1) is 10.8. The summed E-state index contributed by atoms with van der Waals surface area (Å²) in [5.74, 6) is 1.93. The number of hydrogen-bond acceptors (Lipinski definition) is 6. The molecule has 0 aliphatic carbocycles. The highest BCUT2D eigenvalue weighted by molar-refractivity contribution is 7.09. The summed E-state index contributed by atoms with van der Waals surface area (Å²) in [6.07, 6.45) is 2.02. The fraction of sp³-hybridized carbons (Fsp3) is 0.600. The van der Waals surface area contributed by atoms with E-state index >= 15 is 0 Å². The molecule has 6 nitrogen and oxygen atoms in total. The lowest BCUT2D eigenvalue weighted by Gasteiger charge is -2.15. The van der Waals surface area contributed by atoms with Gasteiger partial charge >= 0.3 is 0 Å². The molecule has 1 aliphatic heterocycles. The van der Waals surface area contributed by atoms with Gasteiger partial charge < -0.3 is 9.88 Å². The summed E-state index contributed by atoms with van der Waals surface area (Å²) in [6, 6.07) is 0. The van der Waals surface area contributed by atoms with Gasteiger partial charge in [0.1, 0.15) is 10.7 Å². The number of nitrogens with one attached hydrogen (secondary N) is 1. The van der Waals surface area contributed by atoms with Gasteiger partial charge in [-0.15, -0.1) is 15.3 Å². The van der Waals surface area contributed by atoms with Crippen LogP contribution in [-0.4, -0.2) is 30.9 Å². The molecule has 0 unspecified atom stereocenters. The second kappa shape index (κ2) is 4.50. The standard InChI is InChI=1S/C10H14N6S/c1-2-3-7-9(17-15-12-7)10-14-13-8-6-11-4-5-16(8)10/h11H,2-6H2,1H3. The van der Waals surface area contributed by atoms with Crippen molar-refractivity contribution in [3.63, 3.8) is 0 Å². The Morgan fingerprint density at radius 3 is 3.18 bits per heavy atom. The first-order valence-corrected chi connectivity index (χ1v) is 6.62. The van der Waals surface area contributed by atoms with E-state index in [0.717, 1.165) is 54.7 Å². The number of aromatic nitrogens is 5. The monoisotopic (exact) mass is 250 g/mol. The van der Waals surface area contributed by atoms with E-state index < -0.39 is 0 Å². The number of hydrogen-bond donors (Lipinski definition) is 1. The van der Waals surface area contributed by atoms with E-state index in [-0.39, 0.29) is 0 Å². The molecule has 0 radical (unpaired) electrons. The number of nitrogens with zero attached hydrogens (tertiary/aromatic N) is 5. The van der Waals surface area contributed by atoms with Gasteiger partial charge in [-0.05, 0) is 18.0 Å². The van der Waals surface area contributed by atoms with Gasteiger partial charge in [0.2, 0.25) is 0 Å². The van der Waals surface area contributed by atoms with Crippen LogP contribution in [0.3, 0.4) is 0 Å². The zero-order valence-electron chi connectivity index (χ0n) is 9.68. The summed E-state index contributed by atoms with van der Waals surface area (Å²) >= 11 is 1.42. The van der Waals surface area contributed by atoms with E-state index in [1.807, 2.05) is 0 Å². The fourth-order valence-corrected chi connectivity index (χ4v) is 2.74. The van der Waals surface area contributed by atoms with Crippen LogP contribution in [0.2, 0.25) is 0 Å². The molecule has 0 amide bonds. The zero-order valence-corrected chi connectivity index (χ0v) is 10.5. The average Bonchev–Trinajstić information content (AvgIpc) is 2.95. The quantitative estimate of drug-likeness (QED) is 0.874. The molecular weight excluding hydrogens is 236 g/mol. The lowest BCUT2D eigenvalue weighted by molar-refractivity contribution is 0.508. The number of aryl methyl sites for hydroxylation is 1. The van der Waals surface area contributed by atoms with E-state index in [1.165, 1.54) is 11.5 Å². The number of fused-ring (bicyclic) bond motifs is 1. The molecule has 0 saturated heterocycles. The summed E-state index contributed by atoms with van der Waals surface area (Å²) < 4.78 is 6.21. The highest BCUT2D eigenvalue weighted by Crippen LogP contribution is 2.26. The normalized spacial score (nSPS) is 14.9. The maximum atomic E-state index is 4.29. The maximum absolute atomic E-state index is 4.29. The molecule has 1 N–H and O–H groups in total. The molecule has 17 heavy (non-hydrogen) atoms. The van der Waals surface area contributed by atoms with Crippen LogP contribution in [0.15, 0.2) is 0 Å². The van der Waals surface area contributed by atoms with Crippen LogP contribution < -0.4 is 5.32 Å². The van der Waals surface area contributed by atoms with Gasteiger partial charge in [-0.2, -0.15) is 0 Å². The van der Waals surface area contributed by atoms with Gasteiger partial charge in [-0.3, -0.25) is 0 Å². The Hall–Kier alpha value is -1.34. The third-order valence-corrected chi connectivity index (χ3v) is 3.63. The van der Waals surface area contributed by atoms with E-state index in [2.05, 4.69) is 36.6 Å². The van der Waals surface area contributed by atoms with Crippen LogP contribution in [0.5, 0.6) is 0 Å². The Kier molecular flexibility index (Phi) is 2.86. The van der Waals surface area contributed by atoms with Crippen molar-refractivity contribution >= 4 is 11.5 Å². The first-order chi connectivity index (χ1) is 8.40. The molecule has 0 fully saturated rings. The van der Waals surface area contributed by atoms with Gasteiger partial charge in [0.15, 0.2) is 5.82 Å². The largest absolute Gasteiger partial charge is 0.308 e. The molecule has 90 valence electrons. The summed E-state index contributed by atoms with van der Waals surface area (Å²) in [4.78, 5) is 1.08. The summed E-state index contributed by atoms with van der Waals surface area (Å²) in [5.41, 5.74) is 1.05. The highest BCUT2D eigenvalue weighted by atomic mass is 32.1. The van der Waals surface area contributed by atoms with Crippen LogP contribution >= 0.6 is 11.5 Å². The molecule has 2 aromatic rings. The SMILES string of the molecule is CCCc1nnsc1-c1nnc2n1CCNC2. The van der Waals surface area contributed by atoms with Crippen LogP contribution in [-0.2, 0) is 19.5 Å². The Morgan fingerprint density at radius 2 is 2.29 bits per heavy atom. The van der Waals surface area contributed by atoms with Crippen molar-refractivity contribution in [1.82, 2.24) is 29.7 Å². The molecule has 0 aromatic carbocycles. The smallest absolute Gasteiger partial charge is 0.177 e. The number of rotatable bonds is 3. The molecule has 0 bridgehead atoms. The molecule has 0 atom stereocenters. The van der Waals surface area contributed by atoms with Gasteiger partial charge in [-0.1, -0.05) is 17.8 Å².